The maximum atomic E-state index is 13.2. The third-order valence-electron chi connectivity index (χ3n) is 4.78. The summed E-state index contributed by atoms with van der Waals surface area (Å²) in [5.74, 6) is 1.03. The van der Waals surface area contributed by atoms with Crippen LogP contribution in [0, 0.1) is 5.82 Å². The number of imidazole rings is 1. The zero-order valence-electron chi connectivity index (χ0n) is 15.7. The minimum absolute atomic E-state index is 0.120. The highest BCUT2D eigenvalue weighted by Crippen LogP contribution is 2.25. The van der Waals surface area contributed by atoms with Gasteiger partial charge in [-0.2, -0.15) is 0 Å². The Kier molecular flexibility index (Phi) is 5.35. The van der Waals surface area contributed by atoms with Crippen molar-refractivity contribution in [2.24, 2.45) is 0 Å². The van der Waals surface area contributed by atoms with Crippen LogP contribution in [-0.2, 0) is 27.9 Å². The van der Waals surface area contributed by atoms with E-state index in [1.54, 1.807) is 30.5 Å². The molecule has 0 amide bonds. The molecule has 7 nitrogen and oxygen atoms in total. The molecule has 0 spiro atoms. The molecule has 29 heavy (non-hydrogen) atoms. The average Bonchev–Trinajstić information content (AvgIpc) is 3.16. The van der Waals surface area contributed by atoms with Crippen LogP contribution in [0.25, 0.3) is 11.3 Å². The number of ether oxygens (including phenoxy) is 2. The van der Waals surface area contributed by atoms with Gasteiger partial charge in [-0.15, -0.1) is 0 Å². The molecule has 1 N–H and O–H groups in total. The Morgan fingerprint density at radius 3 is 2.62 bits per heavy atom. The summed E-state index contributed by atoms with van der Waals surface area (Å²) in [6.07, 6.45) is 1.36. The first-order valence-electron chi connectivity index (χ1n) is 9.02. The summed E-state index contributed by atoms with van der Waals surface area (Å²) in [6.45, 7) is 0.831. The van der Waals surface area contributed by atoms with Crippen LogP contribution in [0.3, 0.4) is 0 Å². The second kappa shape index (κ2) is 7.94. The molecule has 1 unspecified atom stereocenters. The number of sulfonamides is 1. The molecule has 9 heteroatoms. The SMILES string of the molecule is COc1ccc(S(=O)(=O)NCC2Cn3c(-c4ccc(F)cc4)cnc3CO2)cc1. The number of nitrogens with one attached hydrogen (secondary N) is 1. The van der Waals surface area contributed by atoms with Crippen molar-refractivity contribution in [3.63, 3.8) is 0 Å². The second-order valence-electron chi connectivity index (χ2n) is 6.64. The molecule has 2 aromatic carbocycles. The van der Waals surface area contributed by atoms with E-state index >= 15 is 0 Å². The maximum Gasteiger partial charge on any atom is 0.240 e. The number of methoxy groups -OCH3 is 1. The van der Waals surface area contributed by atoms with Crippen LogP contribution in [0.2, 0.25) is 0 Å². The number of hydrogen-bond acceptors (Lipinski definition) is 5. The van der Waals surface area contributed by atoms with Gasteiger partial charge in [-0.05, 0) is 54.1 Å². The monoisotopic (exact) mass is 417 g/mol. The van der Waals surface area contributed by atoms with Crippen LogP contribution in [0.15, 0.2) is 59.6 Å². The molecule has 1 aromatic heterocycles. The lowest BCUT2D eigenvalue weighted by Crippen LogP contribution is -2.39. The molecule has 3 aromatic rings. The molecule has 152 valence electrons. The van der Waals surface area contributed by atoms with Gasteiger partial charge in [0.1, 0.15) is 24.0 Å². The Hall–Kier alpha value is -2.75. The van der Waals surface area contributed by atoms with Crippen molar-refractivity contribution in [1.29, 1.82) is 0 Å². The Morgan fingerprint density at radius 1 is 1.21 bits per heavy atom. The van der Waals surface area contributed by atoms with Crippen LogP contribution < -0.4 is 9.46 Å². The van der Waals surface area contributed by atoms with E-state index < -0.39 is 10.0 Å². The van der Waals surface area contributed by atoms with Crippen LogP contribution >= 0.6 is 0 Å². The van der Waals surface area contributed by atoms with E-state index in [-0.39, 0.29) is 30.0 Å². The normalized spacial score (nSPS) is 16.4. The summed E-state index contributed by atoms with van der Waals surface area (Å²) in [5, 5.41) is 0. The van der Waals surface area contributed by atoms with Crippen molar-refractivity contribution in [3.8, 4) is 17.0 Å². The quantitative estimate of drug-likeness (QED) is 0.667. The lowest BCUT2D eigenvalue weighted by Gasteiger charge is -2.26. The van der Waals surface area contributed by atoms with E-state index in [2.05, 4.69) is 9.71 Å². The first-order chi connectivity index (χ1) is 14.0. The molecule has 0 saturated heterocycles. The molecular formula is C20H20FN3O4S. The Bertz CT molecular complexity index is 1100. The van der Waals surface area contributed by atoms with E-state index in [1.807, 2.05) is 4.57 Å². The summed E-state index contributed by atoms with van der Waals surface area (Å²) in [6, 6.07) is 12.3. The Balaban J connectivity index is 1.46. The highest BCUT2D eigenvalue weighted by Gasteiger charge is 2.25. The Morgan fingerprint density at radius 2 is 1.93 bits per heavy atom. The van der Waals surface area contributed by atoms with E-state index in [0.717, 1.165) is 17.1 Å². The van der Waals surface area contributed by atoms with E-state index in [4.69, 9.17) is 9.47 Å². The van der Waals surface area contributed by atoms with Crippen LogP contribution in [0.4, 0.5) is 4.39 Å². The molecule has 1 atom stereocenters. The zero-order valence-corrected chi connectivity index (χ0v) is 16.5. The van der Waals surface area contributed by atoms with Gasteiger partial charge in [-0.25, -0.2) is 22.5 Å². The number of benzene rings is 2. The van der Waals surface area contributed by atoms with Crippen molar-refractivity contribution in [1.82, 2.24) is 14.3 Å². The van der Waals surface area contributed by atoms with Crippen molar-refractivity contribution >= 4 is 10.0 Å². The van der Waals surface area contributed by atoms with Gasteiger partial charge in [0.15, 0.2) is 0 Å². The van der Waals surface area contributed by atoms with Gasteiger partial charge < -0.3 is 14.0 Å². The van der Waals surface area contributed by atoms with E-state index in [0.29, 0.717) is 12.3 Å². The molecule has 4 rings (SSSR count). The molecular weight excluding hydrogens is 397 g/mol. The molecule has 0 bridgehead atoms. The van der Waals surface area contributed by atoms with Crippen molar-refractivity contribution in [2.45, 2.75) is 24.2 Å². The van der Waals surface area contributed by atoms with Gasteiger partial charge in [0.25, 0.3) is 0 Å². The third kappa shape index (κ3) is 4.16. The average molecular weight is 417 g/mol. The Labute approximate surface area is 168 Å². The van der Waals surface area contributed by atoms with Gasteiger partial charge in [0.2, 0.25) is 10.0 Å². The fraction of sp³-hybridized carbons (Fsp3) is 0.250. The minimum Gasteiger partial charge on any atom is -0.497 e. The fourth-order valence-corrected chi connectivity index (χ4v) is 4.26. The van der Waals surface area contributed by atoms with Gasteiger partial charge in [0.05, 0.1) is 36.5 Å². The number of fused-ring (bicyclic) bond motifs is 1. The molecule has 0 aliphatic carbocycles. The molecule has 0 fully saturated rings. The summed E-state index contributed by atoms with van der Waals surface area (Å²) < 4.78 is 53.6. The van der Waals surface area contributed by atoms with Gasteiger partial charge in [-0.3, -0.25) is 0 Å². The zero-order chi connectivity index (χ0) is 20.4. The second-order valence-corrected chi connectivity index (χ2v) is 8.40. The molecule has 0 saturated carbocycles. The summed E-state index contributed by atoms with van der Waals surface area (Å²) in [5.41, 5.74) is 1.68. The van der Waals surface area contributed by atoms with Crippen LogP contribution in [0.5, 0.6) is 5.75 Å². The van der Waals surface area contributed by atoms with Crippen molar-refractivity contribution < 1.29 is 22.3 Å². The summed E-state index contributed by atoms with van der Waals surface area (Å²) in [7, 11) is -2.15. The standard InChI is InChI=1S/C20H20FN3O4S/c1-27-16-6-8-18(9-7-16)29(25,26)23-10-17-12-24-19(11-22-20(24)13-28-17)14-2-4-15(21)5-3-14/h2-9,11,17,23H,10,12-13H2,1H3. The smallest absolute Gasteiger partial charge is 0.240 e. The highest BCUT2D eigenvalue weighted by atomic mass is 32.2. The molecule has 1 aliphatic heterocycles. The first-order valence-corrected chi connectivity index (χ1v) is 10.5. The molecule has 2 heterocycles. The minimum atomic E-state index is -3.67. The van der Waals surface area contributed by atoms with Crippen molar-refractivity contribution in [3.05, 3.63) is 66.4 Å². The molecule has 0 radical (unpaired) electrons. The maximum absolute atomic E-state index is 13.2. The number of halogens is 1. The van der Waals surface area contributed by atoms with Crippen molar-refractivity contribution in [2.75, 3.05) is 13.7 Å². The summed E-state index contributed by atoms with van der Waals surface area (Å²) >= 11 is 0. The lowest BCUT2D eigenvalue weighted by molar-refractivity contribution is 0.00634. The van der Waals surface area contributed by atoms with Gasteiger partial charge in [0, 0.05) is 6.54 Å². The summed E-state index contributed by atoms with van der Waals surface area (Å²) in [4.78, 5) is 4.51. The number of aromatic nitrogens is 2. The van der Waals surface area contributed by atoms with E-state index in [1.165, 1.54) is 31.4 Å². The first kappa shape index (κ1) is 19.6. The number of rotatable bonds is 6. The van der Waals surface area contributed by atoms with Gasteiger partial charge >= 0.3 is 0 Å². The molecule has 1 aliphatic rings. The van der Waals surface area contributed by atoms with Crippen LogP contribution in [-0.4, -0.2) is 37.7 Å². The largest absolute Gasteiger partial charge is 0.497 e. The predicted molar refractivity (Wildman–Crippen MR) is 104 cm³/mol. The predicted octanol–water partition coefficient (Wildman–Crippen LogP) is 2.58. The van der Waals surface area contributed by atoms with E-state index in [9.17, 15) is 12.8 Å². The van der Waals surface area contributed by atoms with Gasteiger partial charge in [-0.1, -0.05) is 0 Å². The topological polar surface area (TPSA) is 82.5 Å². The highest BCUT2D eigenvalue weighted by molar-refractivity contribution is 7.89. The third-order valence-corrected chi connectivity index (χ3v) is 6.22. The fourth-order valence-electron chi connectivity index (χ4n) is 3.20. The number of nitrogens with zero attached hydrogens (tertiary/aromatic N) is 2. The number of hydrogen-bond donors (Lipinski definition) is 1. The van der Waals surface area contributed by atoms with Crippen LogP contribution in [0.1, 0.15) is 5.82 Å². The lowest BCUT2D eigenvalue weighted by atomic mass is 10.1.